The largest absolute Gasteiger partial charge is 0.378 e. The number of methoxy groups -OCH3 is 1. The van der Waals surface area contributed by atoms with Gasteiger partial charge in [0.1, 0.15) is 6.61 Å². The van der Waals surface area contributed by atoms with E-state index < -0.39 is 0 Å². The molecule has 2 heterocycles. The van der Waals surface area contributed by atoms with Crippen molar-refractivity contribution >= 4 is 23.5 Å². The third-order valence-electron chi connectivity index (χ3n) is 4.36. The van der Waals surface area contributed by atoms with Crippen molar-refractivity contribution in [2.24, 2.45) is 0 Å². The Kier molecular flexibility index (Phi) is 5.27. The Balaban J connectivity index is 1.92. The second-order valence-electron chi connectivity index (χ2n) is 6.01. The number of ether oxygens (including phenoxy) is 1. The standard InChI is InChI=1S/C20H25N2OS/c1-5-21-18-8-6-7-9-19(18)24-20(21)14-17-12-15(2)22(10-11-23-4)16(3)13-17/h6-9,12-14H,5,10-11H2,1-4H3/q+1. The minimum atomic E-state index is 0.738. The zero-order valence-corrected chi connectivity index (χ0v) is 15.7. The van der Waals surface area contributed by atoms with Crippen LogP contribution in [0.15, 0.2) is 46.3 Å². The van der Waals surface area contributed by atoms with Crippen LogP contribution in [0.5, 0.6) is 0 Å². The molecule has 0 aliphatic carbocycles. The van der Waals surface area contributed by atoms with Crippen molar-refractivity contribution in [1.82, 2.24) is 0 Å². The van der Waals surface area contributed by atoms with Crippen molar-refractivity contribution in [1.29, 1.82) is 0 Å². The van der Waals surface area contributed by atoms with E-state index in [0.717, 1.165) is 19.7 Å². The Morgan fingerprint density at radius 2 is 1.88 bits per heavy atom. The first kappa shape index (κ1) is 17.1. The summed E-state index contributed by atoms with van der Waals surface area (Å²) in [4.78, 5) is 3.72. The van der Waals surface area contributed by atoms with Gasteiger partial charge < -0.3 is 9.64 Å². The first-order valence-corrected chi connectivity index (χ1v) is 9.22. The summed E-state index contributed by atoms with van der Waals surface area (Å²) in [6.07, 6.45) is 2.30. The summed E-state index contributed by atoms with van der Waals surface area (Å²) in [5, 5.41) is 1.30. The Hall–Kier alpha value is -1.78. The molecule has 0 N–H and O–H groups in total. The molecular formula is C20H25N2OS+. The molecule has 126 valence electrons. The lowest BCUT2D eigenvalue weighted by molar-refractivity contribution is -0.709. The fraction of sp³-hybridized carbons (Fsp3) is 0.350. The van der Waals surface area contributed by atoms with Gasteiger partial charge in [-0.1, -0.05) is 23.9 Å². The van der Waals surface area contributed by atoms with Crippen LogP contribution in [0.25, 0.3) is 6.08 Å². The van der Waals surface area contributed by atoms with Crippen LogP contribution in [0.1, 0.15) is 23.9 Å². The summed E-state index contributed by atoms with van der Waals surface area (Å²) in [5.74, 6) is 0. The van der Waals surface area contributed by atoms with Crippen LogP contribution in [-0.4, -0.2) is 20.3 Å². The predicted octanol–water partition coefficient (Wildman–Crippen LogP) is 4.17. The molecule has 4 heteroatoms. The first-order valence-electron chi connectivity index (χ1n) is 8.40. The first-order chi connectivity index (χ1) is 11.6. The normalized spacial score (nSPS) is 15.2. The van der Waals surface area contributed by atoms with E-state index in [0.29, 0.717) is 0 Å². The molecule has 2 aromatic rings. The number of para-hydroxylation sites is 1. The Morgan fingerprint density at radius 1 is 1.17 bits per heavy atom. The average Bonchev–Trinajstić information content (AvgIpc) is 2.91. The zero-order valence-electron chi connectivity index (χ0n) is 14.9. The van der Waals surface area contributed by atoms with Gasteiger partial charge in [-0.15, -0.1) is 0 Å². The van der Waals surface area contributed by atoms with E-state index in [1.807, 2.05) is 11.8 Å². The van der Waals surface area contributed by atoms with Gasteiger partial charge in [-0.2, -0.15) is 4.57 Å². The summed E-state index contributed by atoms with van der Waals surface area (Å²) in [7, 11) is 1.75. The molecule has 1 aliphatic rings. The van der Waals surface area contributed by atoms with Crippen LogP contribution >= 0.6 is 11.8 Å². The molecule has 3 rings (SSSR count). The van der Waals surface area contributed by atoms with Gasteiger partial charge in [0.05, 0.1) is 10.7 Å². The van der Waals surface area contributed by atoms with Crippen molar-refractivity contribution in [2.45, 2.75) is 32.2 Å². The fourth-order valence-corrected chi connectivity index (χ4v) is 4.39. The summed E-state index contributed by atoms with van der Waals surface area (Å²) in [6.45, 7) is 9.15. The Labute approximate surface area is 149 Å². The van der Waals surface area contributed by atoms with Crippen LogP contribution in [-0.2, 0) is 11.3 Å². The van der Waals surface area contributed by atoms with Crippen molar-refractivity contribution < 1.29 is 9.30 Å². The topological polar surface area (TPSA) is 16.4 Å². The molecule has 0 atom stereocenters. The fourth-order valence-electron chi connectivity index (χ4n) is 3.21. The third kappa shape index (κ3) is 3.35. The number of fused-ring (bicyclic) bond motifs is 1. The number of nitrogens with zero attached hydrogens (tertiary/aromatic N) is 2. The highest BCUT2D eigenvalue weighted by Crippen LogP contribution is 2.46. The molecule has 0 bridgehead atoms. The molecule has 0 saturated heterocycles. The summed E-state index contributed by atoms with van der Waals surface area (Å²) in [5.41, 5.74) is 5.10. The number of benzene rings is 1. The number of hydrogen-bond donors (Lipinski definition) is 0. The smallest absolute Gasteiger partial charge is 0.179 e. The maximum Gasteiger partial charge on any atom is 0.179 e. The minimum absolute atomic E-state index is 0.738. The number of pyridine rings is 1. The van der Waals surface area contributed by atoms with Crippen LogP contribution in [0, 0.1) is 13.8 Å². The van der Waals surface area contributed by atoms with E-state index >= 15 is 0 Å². The Bertz CT molecular complexity index is 747. The number of rotatable bonds is 5. The molecule has 0 amide bonds. The molecule has 0 spiro atoms. The van der Waals surface area contributed by atoms with Crippen molar-refractivity contribution in [2.75, 3.05) is 25.2 Å². The lowest BCUT2D eigenvalue weighted by Gasteiger charge is -2.18. The van der Waals surface area contributed by atoms with E-state index in [-0.39, 0.29) is 0 Å². The molecule has 24 heavy (non-hydrogen) atoms. The molecule has 3 nitrogen and oxygen atoms in total. The molecule has 1 aromatic carbocycles. The highest BCUT2D eigenvalue weighted by atomic mass is 32.2. The molecule has 1 aliphatic heterocycles. The van der Waals surface area contributed by atoms with E-state index in [2.05, 4.69) is 72.7 Å². The van der Waals surface area contributed by atoms with Crippen LogP contribution in [0.3, 0.4) is 0 Å². The van der Waals surface area contributed by atoms with Crippen LogP contribution in [0.4, 0.5) is 5.69 Å². The number of aryl methyl sites for hydroxylation is 2. The lowest BCUT2D eigenvalue weighted by atomic mass is 10.1. The van der Waals surface area contributed by atoms with Gasteiger partial charge in [0.15, 0.2) is 17.9 Å². The SMILES string of the molecule is CCN1/C(=C/c2cc(C)[n+](CCOC)c(C)c2)Sc2ccccc21. The maximum absolute atomic E-state index is 5.22. The van der Waals surface area contributed by atoms with Gasteiger partial charge in [-0.05, 0) is 30.7 Å². The molecule has 0 saturated carbocycles. The summed E-state index contributed by atoms with van der Waals surface area (Å²) < 4.78 is 7.52. The minimum Gasteiger partial charge on any atom is -0.378 e. The second-order valence-corrected chi connectivity index (χ2v) is 7.07. The molecule has 0 fully saturated rings. The van der Waals surface area contributed by atoms with E-state index in [1.54, 1.807) is 7.11 Å². The highest BCUT2D eigenvalue weighted by molar-refractivity contribution is 8.03. The zero-order chi connectivity index (χ0) is 17.1. The molecular weight excluding hydrogens is 316 g/mol. The van der Waals surface area contributed by atoms with Gasteiger partial charge in [-0.3, -0.25) is 0 Å². The second kappa shape index (κ2) is 7.41. The van der Waals surface area contributed by atoms with Gasteiger partial charge in [0, 0.05) is 44.5 Å². The van der Waals surface area contributed by atoms with Gasteiger partial charge in [-0.25, -0.2) is 0 Å². The quantitative estimate of drug-likeness (QED) is 0.760. The monoisotopic (exact) mass is 341 g/mol. The summed E-state index contributed by atoms with van der Waals surface area (Å²) >= 11 is 1.85. The van der Waals surface area contributed by atoms with Crippen LogP contribution in [0.2, 0.25) is 0 Å². The number of hydrogen-bond acceptors (Lipinski definition) is 3. The van der Waals surface area contributed by atoms with Crippen molar-refractivity contribution in [3.63, 3.8) is 0 Å². The van der Waals surface area contributed by atoms with Crippen molar-refractivity contribution in [3.8, 4) is 0 Å². The number of thioether (sulfide) groups is 1. The van der Waals surface area contributed by atoms with E-state index in [9.17, 15) is 0 Å². The molecule has 0 radical (unpaired) electrons. The maximum atomic E-state index is 5.22. The number of anilines is 1. The summed E-state index contributed by atoms with van der Waals surface area (Å²) in [6, 6.07) is 13.1. The third-order valence-corrected chi connectivity index (χ3v) is 5.48. The van der Waals surface area contributed by atoms with Gasteiger partial charge >= 0.3 is 0 Å². The predicted molar refractivity (Wildman–Crippen MR) is 101 cm³/mol. The lowest BCUT2D eigenvalue weighted by Crippen LogP contribution is -2.42. The highest BCUT2D eigenvalue weighted by Gasteiger charge is 2.23. The van der Waals surface area contributed by atoms with Crippen LogP contribution < -0.4 is 9.47 Å². The van der Waals surface area contributed by atoms with E-state index in [1.165, 1.54) is 32.6 Å². The average molecular weight is 342 g/mol. The van der Waals surface area contributed by atoms with Gasteiger partial charge in [0.25, 0.3) is 0 Å². The van der Waals surface area contributed by atoms with Crippen molar-refractivity contribution in [3.05, 3.63) is 58.4 Å². The number of aromatic nitrogens is 1. The Morgan fingerprint density at radius 3 is 2.54 bits per heavy atom. The van der Waals surface area contributed by atoms with Gasteiger partial charge in [0.2, 0.25) is 0 Å². The van der Waals surface area contributed by atoms with E-state index in [4.69, 9.17) is 4.74 Å². The molecule has 0 unspecified atom stereocenters. The molecule has 1 aromatic heterocycles.